The van der Waals surface area contributed by atoms with Crippen LogP contribution < -0.4 is 9.47 Å². The van der Waals surface area contributed by atoms with Crippen molar-refractivity contribution in [3.8, 4) is 22.9 Å². The van der Waals surface area contributed by atoms with E-state index in [1.54, 1.807) is 12.1 Å². The molecule has 1 N–H and O–H groups in total. The van der Waals surface area contributed by atoms with Crippen LogP contribution in [0.25, 0.3) is 22.4 Å². The quantitative estimate of drug-likeness (QED) is 0.422. The van der Waals surface area contributed by atoms with Crippen molar-refractivity contribution < 1.29 is 19.1 Å². The van der Waals surface area contributed by atoms with Gasteiger partial charge in [-0.3, -0.25) is 9.59 Å². The largest absolute Gasteiger partial charge is 0.427 e. The van der Waals surface area contributed by atoms with Crippen LogP contribution in [0.1, 0.15) is 57.9 Å². The predicted octanol–water partition coefficient (Wildman–Crippen LogP) is 5.55. The molecule has 0 amide bonds. The van der Waals surface area contributed by atoms with Crippen molar-refractivity contribution in [3.05, 3.63) is 42.0 Å². The first-order chi connectivity index (χ1) is 15.9. The molecule has 2 aromatic carbocycles. The summed E-state index contributed by atoms with van der Waals surface area (Å²) in [6, 6.07) is 11.5. The van der Waals surface area contributed by atoms with Crippen LogP contribution in [0.4, 0.5) is 0 Å². The molecule has 7 rings (SSSR count). The van der Waals surface area contributed by atoms with E-state index in [-0.39, 0.29) is 17.4 Å². The lowest BCUT2D eigenvalue weighted by atomic mass is 9.48. The van der Waals surface area contributed by atoms with Gasteiger partial charge in [-0.05, 0) is 92.0 Å². The lowest BCUT2D eigenvalue weighted by Gasteiger charge is -2.57. The highest BCUT2D eigenvalue weighted by Crippen LogP contribution is 2.62. The van der Waals surface area contributed by atoms with Crippen molar-refractivity contribution in [1.82, 2.24) is 9.97 Å². The van der Waals surface area contributed by atoms with Crippen LogP contribution in [0.5, 0.6) is 11.5 Å². The Hall–Kier alpha value is -3.15. The molecule has 4 bridgehead atoms. The molecule has 0 saturated heterocycles. The van der Waals surface area contributed by atoms with E-state index in [9.17, 15) is 9.59 Å². The standard InChI is InChI=1S/C27H28N2O4/c1-15(30)32-21-4-5-23-24(11-21)29-26(28-23)20-3-6-25(33-16(2)31)22(10-20)27-12-17-7-18(13-27)9-19(8-17)14-27/h3-6,10-11,17-19H,7-9,12-14H2,1-2H3,(H,28,29). The van der Waals surface area contributed by atoms with Crippen LogP contribution >= 0.6 is 0 Å². The summed E-state index contributed by atoms with van der Waals surface area (Å²) in [6.07, 6.45) is 7.62. The molecule has 6 nitrogen and oxygen atoms in total. The minimum atomic E-state index is -0.355. The van der Waals surface area contributed by atoms with E-state index in [0.29, 0.717) is 11.5 Å². The number of nitrogens with zero attached hydrogens (tertiary/aromatic N) is 1. The molecule has 4 aliphatic rings. The molecule has 0 unspecified atom stereocenters. The predicted molar refractivity (Wildman–Crippen MR) is 124 cm³/mol. The summed E-state index contributed by atoms with van der Waals surface area (Å²) in [7, 11) is 0. The molecule has 6 heteroatoms. The van der Waals surface area contributed by atoms with E-state index in [1.165, 1.54) is 52.4 Å². The topological polar surface area (TPSA) is 81.3 Å². The van der Waals surface area contributed by atoms with Crippen molar-refractivity contribution in [2.24, 2.45) is 17.8 Å². The molecule has 0 atom stereocenters. The van der Waals surface area contributed by atoms with Crippen molar-refractivity contribution in [3.63, 3.8) is 0 Å². The molecular weight excluding hydrogens is 416 g/mol. The van der Waals surface area contributed by atoms with E-state index in [1.807, 2.05) is 18.2 Å². The second-order valence-corrected chi connectivity index (χ2v) is 10.4. The Morgan fingerprint density at radius 3 is 2.21 bits per heavy atom. The van der Waals surface area contributed by atoms with Gasteiger partial charge in [-0.2, -0.15) is 0 Å². The Morgan fingerprint density at radius 1 is 0.909 bits per heavy atom. The minimum absolute atomic E-state index is 0.0874. The number of imidazole rings is 1. The number of hydrogen-bond acceptors (Lipinski definition) is 5. The van der Waals surface area contributed by atoms with Gasteiger partial charge in [0.1, 0.15) is 17.3 Å². The molecule has 33 heavy (non-hydrogen) atoms. The normalized spacial score (nSPS) is 27.6. The Morgan fingerprint density at radius 2 is 1.58 bits per heavy atom. The van der Waals surface area contributed by atoms with Crippen molar-refractivity contribution in [2.75, 3.05) is 0 Å². The fourth-order valence-electron chi connectivity index (χ4n) is 7.13. The third-order valence-corrected chi connectivity index (χ3v) is 7.83. The zero-order valence-corrected chi connectivity index (χ0v) is 19.0. The number of aromatic amines is 1. The molecule has 4 saturated carbocycles. The van der Waals surface area contributed by atoms with Gasteiger partial charge in [0.25, 0.3) is 0 Å². The van der Waals surface area contributed by atoms with Crippen LogP contribution in [0.2, 0.25) is 0 Å². The lowest BCUT2D eigenvalue weighted by molar-refractivity contribution is -0.132. The molecule has 170 valence electrons. The van der Waals surface area contributed by atoms with Crippen molar-refractivity contribution in [2.45, 2.75) is 57.8 Å². The average molecular weight is 445 g/mol. The second-order valence-electron chi connectivity index (χ2n) is 10.4. The average Bonchev–Trinajstić information content (AvgIpc) is 3.15. The number of rotatable bonds is 4. The molecule has 1 aromatic heterocycles. The molecule has 0 aliphatic heterocycles. The summed E-state index contributed by atoms with van der Waals surface area (Å²) in [5.74, 6) is 3.66. The van der Waals surface area contributed by atoms with Gasteiger partial charge in [0.05, 0.1) is 11.0 Å². The summed E-state index contributed by atoms with van der Waals surface area (Å²) >= 11 is 0. The SMILES string of the molecule is CC(=O)Oc1ccc2[nH]c(-c3ccc(OC(C)=O)c(C45CC6CC(CC(C6)C4)C5)c3)nc2c1. The fraction of sp³-hybridized carbons (Fsp3) is 0.444. The Kier molecular flexibility index (Phi) is 4.61. The van der Waals surface area contributed by atoms with Gasteiger partial charge in [-0.15, -0.1) is 0 Å². The summed E-state index contributed by atoms with van der Waals surface area (Å²) in [6.45, 7) is 2.86. The number of fused-ring (bicyclic) bond motifs is 1. The first kappa shape index (κ1) is 20.5. The zero-order valence-electron chi connectivity index (χ0n) is 19.0. The first-order valence-electron chi connectivity index (χ1n) is 11.9. The molecule has 1 heterocycles. The van der Waals surface area contributed by atoms with E-state index in [4.69, 9.17) is 14.5 Å². The van der Waals surface area contributed by atoms with Crippen LogP contribution in [-0.2, 0) is 15.0 Å². The van der Waals surface area contributed by atoms with Gasteiger partial charge in [0.2, 0.25) is 0 Å². The van der Waals surface area contributed by atoms with Crippen LogP contribution in [0.15, 0.2) is 36.4 Å². The maximum Gasteiger partial charge on any atom is 0.308 e. The van der Waals surface area contributed by atoms with Crippen LogP contribution in [0, 0.1) is 17.8 Å². The van der Waals surface area contributed by atoms with Crippen molar-refractivity contribution in [1.29, 1.82) is 0 Å². The number of hydrogen-bond donors (Lipinski definition) is 1. The summed E-state index contributed by atoms with van der Waals surface area (Å²) < 4.78 is 10.9. The number of esters is 2. The molecular formula is C27H28N2O4. The highest BCUT2D eigenvalue weighted by Gasteiger charge is 2.52. The van der Waals surface area contributed by atoms with Gasteiger partial charge >= 0.3 is 11.9 Å². The number of nitrogens with one attached hydrogen (secondary N) is 1. The third kappa shape index (κ3) is 3.62. The summed E-state index contributed by atoms with van der Waals surface area (Å²) in [4.78, 5) is 31.4. The Labute approximate surface area is 192 Å². The first-order valence-corrected chi connectivity index (χ1v) is 11.9. The number of carbonyl (C=O) groups is 2. The van der Waals surface area contributed by atoms with Crippen molar-refractivity contribution >= 4 is 23.0 Å². The van der Waals surface area contributed by atoms with E-state index >= 15 is 0 Å². The highest BCUT2D eigenvalue weighted by molar-refractivity contribution is 5.82. The smallest absolute Gasteiger partial charge is 0.308 e. The number of H-pyrrole nitrogens is 1. The fourth-order valence-corrected chi connectivity index (χ4v) is 7.13. The van der Waals surface area contributed by atoms with Crippen LogP contribution in [-0.4, -0.2) is 21.9 Å². The van der Waals surface area contributed by atoms with Gasteiger partial charge < -0.3 is 14.5 Å². The number of carbonyl (C=O) groups excluding carboxylic acids is 2. The second kappa shape index (κ2) is 7.44. The Balaban J connectivity index is 1.42. The molecule has 0 radical (unpaired) electrons. The molecule has 4 aliphatic carbocycles. The molecule has 4 fully saturated rings. The number of ether oxygens (including phenoxy) is 2. The third-order valence-electron chi connectivity index (χ3n) is 7.83. The minimum Gasteiger partial charge on any atom is -0.427 e. The van der Waals surface area contributed by atoms with E-state index in [2.05, 4.69) is 11.1 Å². The zero-order chi connectivity index (χ0) is 22.7. The van der Waals surface area contributed by atoms with E-state index < -0.39 is 0 Å². The van der Waals surface area contributed by atoms with Gasteiger partial charge in [0, 0.05) is 31.0 Å². The number of aromatic nitrogens is 2. The van der Waals surface area contributed by atoms with Gasteiger partial charge in [-0.1, -0.05) is 0 Å². The summed E-state index contributed by atoms with van der Waals surface area (Å²) in [5, 5.41) is 0. The highest BCUT2D eigenvalue weighted by atomic mass is 16.5. The number of benzene rings is 2. The monoisotopic (exact) mass is 444 g/mol. The molecule has 0 spiro atoms. The van der Waals surface area contributed by atoms with Gasteiger partial charge in [-0.25, -0.2) is 4.98 Å². The van der Waals surface area contributed by atoms with E-state index in [0.717, 1.165) is 45.7 Å². The lowest BCUT2D eigenvalue weighted by Crippen LogP contribution is -2.48. The molecule has 3 aromatic rings. The maximum atomic E-state index is 11.9. The Bertz CT molecular complexity index is 1240. The van der Waals surface area contributed by atoms with Crippen LogP contribution in [0.3, 0.4) is 0 Å². The maximum absolute atomic E-state index is 11.9. The van der Waals surface area contributed by atoms with Gasteiger partial charge in [0.15, 0.2) is 0 Å². The summed E-state index contributed by atoms with van der Waals surface area (Å²) in [5.41, 5.74) is 3.84.